The van der Waals surface area contributed by atoms with Gasteiger partial charge in [0.25, 0.3) is 5.91 Å². The number of nitrogens with one attached hydrogen (secondary N) is 1. The van der Waals surface area contributed by atoms with E-state index in [0.29, 0.717) is 24.6 Å². The Morgan fingerprint density at radius 1 is 1.24 bits per heavy atom. The number of fused-ring (bicyclic) bond motifs is 1. The fourth-order valence-corrected chi connectivity index (χ4v) is 2.81. The van der Waals surface area contributed by atoms with Crippen LogP contribution in [0.1, 0.15) is 28.6 Å². The molecule has 0 aliphatic carbocycles. The second-order valence-electron chi connectivity index (χ2n) is 5.79. The average molecular weight is 340 g/mol. The number of nitrogens with zero attached hydrogens (tertiary/aromatic N) is 5. The first-order valence-corrected chi connectivity index (χ1v) is 8.07. The van der Waals surface area contributed by atoms with E-state index in [1.165, 1.54) is 17.3 Å². The topological polar surface area (TPSA) is 91.3 Å². The first-order chi connectivity index (χ1) is 12.1. The Morgan fingerprint density at radius 2 is 2.04 bits per heavy atom. The summed E-state index contributed by atoms with van der Waals surface area (Å²) in [6, 6.07) is 4.82. The monoisotopic (exact) mass is 340 g/mol. The fraction of sp³-hybridized carbons (Fsp3) is 0.353. The highest BCUT2D eigenvalue weighted by molar-refractivity contribution is 6.09. The molecule has 0 aromatic carbocycles. The van der Waals surface area contributed by atoms with Crippen LogP contribution in [0, 0.1) is 0 Å². The zero-order chi connectivity index (χ0) is 17.8. The van der Waals surface area contributed by atoms with Crippen molar-refractivity contribution in [2.24, 2.45) is 0 Å². The summed E-state index contributed by atoms with van der Waals surface area (Å²) in [7, 11) is 3.59. The highest BCUT2D eigenvalue weighted by Crippen LogP contribution is 2.36. The molecule has 0 fully saturated rings. The smallest absolute Gasteiger partial charge is 0.280 e. The first kappa shape index (κ1) is 17.0. The lowest BCUT2D eigenvalue weighted by Gasteiger charge is -2.25. The Morgan fingerprint density at radius 3 is 2.76 bits per heavy atom. The first-order valence-electron chi connectivity index (χ1n) is 8.07. The van der Waals surface area contributed by atoms with Crippen molar-refractivity contribution in [2.45, 2.75) is 12.5 Å². The Hall–Kier alpha value is -2.87. The van der Waals surface area contributed by atoms with Gasteiger partial charge in [-0.3, -0.25) is 19.5 Å². The molecule has 8 nitrogen and oxygen atoms in total. The molecule has 0 saturated heterocycles. The van der Waals surface area contributed by atoms with Crippen LogP contribution >= 0.6 is 0 Å². The highest BCUT2D eigenvalue weighted by atomic mass is 16.2. The van der Waals surface area contributed by atoms with Gasteiger partial charge in [-0.15, -0.1) is 0 Å². The van der Waals surface area contributed by atoms with Crippen molar-refractivity contribution in [3.05, 3.63) is 48.2 Å². The standard InChI is InChI=1S/C17H20N6O2/c1-18-9-10-22(2)14(24)11-12-15-16(21-8-7-20-15)17(25)23(12)13-5-3-4-6-19-13/h3-8,12,18H,9-11H2,1-2H3/t12-/m1/s1. The summed E-state index contributed by atoms with van der Waals surface area (Å²) < 4.78 is 0. The molecular formula is C17H20N6O2. The zero-order valence-electron chi connectivity index (χ0n) is 14.2. The van der Waals surface area contributed by atoms with Crippen LogP contribution in [-0.2, 0) is 4.79 Å². The number of hydrogen-bond acceptors (Lipinski definition) is 6. The molecule has 0 unspecified atom stereocenters. The molecule has 2 aromatic rings. The molecule has 3 rings (SSSR count). The molecule has 2 aromatic heterocycles. The number of carbonyl (C=O) groups is 2. The minimum atomic E-state index is -0.504. The van der Waals surface area contributed by atoms with Crippen molar-refractivity contribution >= 4 is 17.6 Å². The lowest BCUT2D eigenvalue weighted by molar-refractivity contribution is -0.130. The van der Waals surface area contributed by atoms with Crippen molar-refractivity contribution in [1.29, 1.82) is 0 Å². The van der Waals surface area contributed by atoms with Gasteiger partial charge in [-0.05, 0) is 19.2 Å². The molecule has 0 radical (unpaired) electrons. The Kier molecular flexibility index (Phi) is 4.99. The maximum absolute atomic E-state index is 12.8. The second-order valence-corrected chi connectivity index (χ2v) is 5.79. The summed E-state index contributed by atoms with van der Waals surface area (Å²) in [5, 5.41) is 3.01. The van der Waals surface area contributed by atoms with Gasteiger partial charge in [-0.1, -0.05) is 6.07 Å². The molecule has 1 atom stereocenters. The summed E-state index contributed by atoms with van der Waals surface area (Å²) in [5.74, 6) is 0.146. The molecule has 8 heteroatoms. The Labute approximate surface area is 145 Å². The highest BCUT2D eigenvalue weighted by Gasteiger charge is 2.42. The van der Waals surface area contributed by atoms with Gasteiger partial charge in [0, 0.05) is 38.7 Å². The third-order valence-corrected chi connectivity index (χ3v) is 4.16. The molecular weight excluding hydrogens is 320 g/mol. The lowest BCUT2D eigenvalue weighted by Crippen LogP contribution is -2.36. The molecule has 3 heterocycles. The number of aromatic nitrogens is 3. The van der Waals surface area contributed by atoms with Crippen LogP contribution in [0.25, 0.3) is 0 Å². The normalized spacial score (nSPS) is 16.0. The third-order valence-electron chi connectivity index (χ3n) is 4.16. The van der Waals surface area contributed by atoms with E-state index in [9.17, 15) is 9.59 Å². The van der Waals surface area contributed by atoms with E-state index in [1.54, 1.807) is 36.3 Å². The van der Waals surface area contributed by atoms with Gasteiger partial charge in [0.15, 0.2) is 5.69 Å². The number of hydrogen-bond donors (Lipinski definition) is 1. The molecule has 130 valence electrons. The molecule has 2 amide bonds. The largest absolute Gasteiger partial charge is 0.344 e. The number of likely N-dealkylation sites (N-methyl/N-ethyl adjacent to an activating group) is 2. The maximum atomic E-state index is 12.8. The molecule has 0 saturated carbocycles. The SMILES string of the molecule is CNCCN(C)C(=O)C[C@@H]1c2nccnc2C(=O)N1c1ccccn1. The molecule has 1 aliphatic rings. The molecule has 25 heavy (non-hydrogen) atoms. The van der Waals surface area contributed by atoms with E-state index in [2.05, 4.69) is 20.3 Å². The zero-order valence-corrected chi connectivity index (χ0v) is 14.2. The van der Waals surface area contributed by atoms with Crippen LogP contribution in [0.5, 0.6) is 0 Å². The van der Waals surface area contributed by atoms with Crippen molar-refractivity contribution < 1.29 is 9.59 Å². The lowest BCUT2D eigenvalue weighted by atomic mass is 10.1. The van der Waals surface area contributed by atoms with Crippen molar-refractivity contribution in [3.63, 3.8) is 0 Å². The minimum absolute atomic E-state index is 0.0625. The van der Waals surface area contributed by atoms with Gasteiger partial charge < -0.3 is 10.2 Å². The maximum Gasteiger partial charge on any atom is 0.280 e. The quantitative estimate of drug-likeness (QED) is 0.830. The average Bonchev–Trinajstić information content (AvgIpc) is 2.92. The Balaban J connectivity index is 1.90. The van der Waals surface area contributed by atoms with E-state index in [-0.39, 0.29) is 23.9 Å². The summed E-state index contributed by atoms with van der Waals surface area (Å²) in [6.07, 6.45) is 4.77. The third kappa shape index (κ3) is 3.34. The van der Waals surface area contributed by atoms with Gasteiger partial charge in [0.2, 0.25) is 5.91 Å². The minimum Gasteiger partial charge on any atom is -0.344 e. The van der Waals surface area contributed by atoms with Crippen molar-refractivity contribution in [2.75, 3.05) is 32.1 Å². The number of anilines is 1. The van der Waals surface area contributed by atoms with E-state index in [0.717, 1.165) is 0 Å². The van der Waals surface area contributed by atoms with E-state index < -0.39 is 6.04 Å². The predicted molar refractivity (Wildman–Crippen MR) is 92.0 cm³/mol. The summed E-state index contributed by atoms with van der Waals surface area (Å²) in [5.41, 5.74) is 0.803. The fourth-order valence-electron chi connectivity index (χ4n) is 2.81. The number of rotatable bonds is 6. The predicted octanol–water partition coefficient (Wildman–Crippen LogP) is 0.641. The van der Waals surface area contributed by atoms with E-state index in [4.69, 9.17) is 0 Å². The van der Waals surface area contributed by atoms with Crippen LogP contribution < -0.4 is 10.2 Å². The molecule has 0 bridgehead atoms. The number of amides is 2. The van der Waals surface area contributed by atoms with Gasteiger partial charge in [0.05, 0.1) is 18.2 Å². The second kappa shape index (κ2) is 7.35. The summed E-state index contributed by atoms with van der Waals surface area (Å²) in [4.78, 5) is 41.2. The molecule has 1 aliphatic heterocycles. The van der Waals surface area contributed by atoms with Gasteiger partial charge >= 0.3 is 0 Å². The van der Waals surface area contributed by atoms with Gasteiger partial charge in [0.1, 0.15) is 5.82 Å². The van der Waals surface area contributed by atoms with E-state index in [1.807, 2.05) is 7.05 Å². The Bertz CT molecular complexity index is 767. The van der Waals surface area contributed by atoms with Crippen LogP contribution in [0.3, 0.4) is 0 Å². The van der Waals surface area contributed by atoms with Gasteiger partial charge in [-0.2, -0.15) is 0 Å². The van der Waals surface area contributed by atoms with Crippen LogP contribution in [0.4, 0.5) is 5.82 Å². The van der Waals surface area contributed by atoms with Crippen LogP contribution in [0.2, 0.25) is 0 Å². The van der Waals surface area contributed by atoms with Crippen molar-refractivity contribution in [1.82, 2.24) is 25.2 Å². The van der Waals surface area contributed by atoms with Crippen LogP contribution in [0.15, 0.2) is 36.8 Å². The van der Waals surface area contributed by atoms with Crippen molar-refractivity contribution in [3.8, 4) is 0 Å². The molecule has 1 N–H and O–H groups in total. The van der Waals surface area contributed by atoms with Crippen LogP contribution in [-0.4, -0.2) is 58.9 Å². The molecule has 0 spiro atoms. The summed E-state index contributed by atoms with van der Waals surface area (Å²) in [6.45, 7) is 1.29. The summed E-state index contributed by atoms with van der Waals surface area (Å²) >= 11 is 0. The van der Waals surface area contributed by atoms with E-state index >= 15 is 0 Å². The number of carbonyl (C=O) groups excluding carboxylic acids is 2. The number of pyridine rings is 1. The van der Waals surface area contributed by atoms with Gasteiger partial charge in [-0.25, -0.2) is 9.97 Å².